The molecule has 0 aliphatic carbocycles. The first kappa shape index (κ1) is 17.6. The van der Waals surface area contributed by atoms with Crippen LogP contribution >= 0.6 is 11.3 Å². The molecule has 1 aromatic heterocycles. The van der Waals surface area contributed by atoms with Crippen LogP contribution in [0.1, 0.15) is 34.6 Å². The van der Waals surface area contributed by atoms with Gasteiger partial charge in [0.1, 0.15) is 4.88 Å². The van der Waals surface area contributed by atoms with Crippen LogP contribution in [0.2, 0.25) is 0 Å². The molecule has 2 saturated heterocycles. The number of methoxy groups -OCH3 is 1. The van der Waals surface area contributed by atoms with Crippen molar-refractivity contribution in [3.8, 4) is 5.19 Å². The summed E-state index contributed by atoms with van der Waals surface area (Å²) in [6.45, 7) is 6.76. The largest absolute Gasteiger partial charge is 0.473 e. The number of ether oxygens (including phenoxy) is 1. The molecular formula is C17H27N3O3S. The summed E-state index contributed by atoms with van der Waals surface area (Å²) in [5.74, 6) is 0.636. The Morgan fingerprint density at radius 2 is 2.04 bits per heavy atom. The van der Waals surface area contributed by atoms with Gasteiger partial charge in [-0.2, -0.15) is 0 Å². The van der Waals surface area contributed by atoms with E-state index in [1.165, 1.54) is 37.3 Å². The average molecular weight is 353 g/mol. The van der Waals surface area contributed by atoms with E-state index in [2.05, 4.69) is 9.88 Å². The standard InChI is InChI=1S/C17H27N3O3S/c1-12-15(24-17(18-12)23-2)16(22)20-9-13(7-14(10-20)11-21)8-19-5-3-4-6-19/h13-14,21H,3-11H2,1-2H3/t13-,14-/m0/s1. The molecule has 0 spiro atoms. The molecule has 1 aromatic rings. The Hall–Kier alpha value is -1.18. The summed E-state index contributed by atoms with van der Waals surface area (Å²) in [7, 11) is 1.57. The Morgan fingerprint density at radius 1 is 1.33 bits per heavy atom. The smallest absolute Gasteiger partial charge is 0.273 e. The van der Waals surface area contributed by atoms with Gasteiger partial charge in [0.2, 0.25) is 0 Å². The van der Waals surface area contributed by atoms with Crippen LogP contribution in [0.15, 0.2) is 0 Å². The van der Waals surface area contributed by atoms with Crippen molar-refractivity contribution in [2.75, 3.05) is 46.4 Å². The zero-order valence-corrected chi connectivity index (χ0v) is 15.3. The number of carbonyl (C=O) groups excluding carboxylic acids is 1. The second-order valence-corrected chi connectivity index (χ2v) is 7.93. The Bertz CT molecular complexity index is 571. The third kappa shape index (κ3) is 3.90. The van der Waals surface area contributed by atoms with E-state index in [-0.39, 0.29) is 18.4 Å². The fourth-order valence-corrected chi connectivity index (χ4v) is 4.73. The van der Waals surface area contributed by atoms with Gasteiger partial charge in [-0.15, -0.1) is 0 Å². The zero-order valence-electron chi connectivity index (χ0n) is 14.5. The van der Waals surface area contributed by atoms with Gasteiger partial charge in [0, 0.05) is 26.2 Å². The molecule has 3 heterocycles. The highest BCUT2D eigenvalue weighted by molar-refractivity contribution is 7.15. The molecule has 2 aliphatic rings. The van der Waals surface area contributed by atoms with Gasteiger partial charge in [-0.25, -0.2) is 4.98 Å². The first-order chi connectivity index (χ1) is 11.6. The molecule has 3 rings (SSSR count). The second-order valence-electron chi connectivity index (χ2n) is 6.97. The fourth-order valence-electron chi connectivity index (χ4n) is 3.88. The van der Waals surface area contributed by atoms with Crippen LogP contribution in [-0.4, -0.2) is 72.2 Å². The van der Waals surface area contributed by atoms with Crippen LogP contribution < -0.4 is 4.74 Å². The van der Waals surface area contributed by atoms with E-state index in [0.29, 0.717) is 22.5 Å². The molecule has 0 radical (unpaired) electrons. The average Bonchev–Trinajstić information content (AvgIpc) is 3.23. The third-order valence-corrected chi connectivity index (χ3v) is 6.14. The Kier molecular flexibility index (Phi) is 5.73. The molecule has 1 amide bonds. The van der Waals surface area contributed by atoms with Crippen molar-refractivity contribution in [2.45, 2.75) is 26.2 Å². The topological polar surface area (TPSA) is 65.9 Å². The van der Waals surface area contributed by atoms with E-state index in [9.17, 15) is 9.90 Å². The van der Waals surface area contributed by atoms with Crippen LogP contribution in [0.25, 0.3) is 0 Å². The normalized spacial score (nSPS) is 25.2. The maximum atomic E-state index is 12.9. The van der Waals surface area contributed by atoms with Crippen LogP contribution in [0.5, 0.6) is 5.19 Å². The zero-order chi connectivity index (χ0) is 17.1. The van der Waals surface area contributed by atoms with Gasteiger partial charge in [0.05, 0.1) is 12.8 Å². The van der Waals surface area contributed by atoms with Crippen molar-refractivity contribution in [3.63, 3.8) is 0 Å². The van der Waals surface area contributed by atoms with Crippen molar-refractivity contribution >= 4 is 17.2 Å². The fraction of sp³-hybridized carbons (Fsp3) is 0.765. The number of hydrogen-bond donors (Lipinski definition) is 1. The quantitative estimate of drug-likeness (QED) is 0.871. The predicted octanol–water partition coefficient (Wildman–Crippen LogP) is 1.63. The van der Waals surface area contributed by atoms with E-state index >= 15 is 0 Å². The first-order valence-electron chi connectivity index (χ1n) is 8.74. The number of aryl methyl sites for hydroxylation is 1. The summed E-state index contributed by atoms with van der Waals surface area (Å²) in [5, 5.41) is 10.2. The minimum absolute atomic E-state index is 0.0258. The van der Waals surface area contributed by atoms with Crippen LogP contribution in [0.4, 0.5) is 0 Å². The van der Waals surface area contributed by atoms with Gasteiger partial charge in [-0.05, 0) is 51.1 Å². The molecule has 2 fully saturated rings. The van der Waals surface area contributed by atoms with E-state index in [1.54, 1.807) is 7.11 Å². The van der Waals surface area contributed by atoms with Gasteiger partial charge in [0.15, 0.2) is 0 Å². The lowest BCUT2D eigenvalue weighted by Gasteiger charge is -2.38. The first-order valence-corrected chi connectivity index (χ1v) is 9.56. The van der Waals surface area contributed by atoms with Gasteiger partial charge in [0.25, 0.3) is 11.1 Å². The molecule has 24 heavy (non-hydrogen) atoms. The molecule has 0 saturated carbocycles. The maximum Gasteiger partial charge on any atom is 0.273 e. The number of rotatable bonds is 5. The monoisotopic (exact) mass is 353 g/mol. The molecule has 6 nitrogen and oxygen atoms in total. The summed E-state index contributed by atoms with van der Waals surface area (Å²) in [6.07, 6.45) is 3.55. The number of likely N-dealkylation sites (tertiary alicyclic amines) is 2. The SMILES string of the molecule is COc1nc(C)c(C(=O)N2C[C@@H](CO)C[C@@H](CN3CCCC3)C2)s1. The second kappa shape index (κ2) is 7.80. The lowest BCUT2D eigenvalue weighted by molar-refractivity contribution is 0.0469. The molecule has 2 aliphatic heterocycles. The number of nitrogens with zero attached hydrogens (tertiary/aromatic N) is 3. The highest BCUT2D eigenvalue weighted by Gasteiger charge is 2.33. The van der Waals surface area contributed by atoms with E-state index in [1.807, 2.05) is 11.8 Å². The summed E-state index contributed by atoms with van der Waals surface area (Å²) in [5.41, 5.74) is 0.726. The van der Waals surface area contributed by atoms with Crippen molar-refractivity contribution in [1.82, 2.24) is 14.8 Å². The Balaban J connectivity index is 1.70. The molecular weight excluding hydrogens is 326 g/mol. The van der Waals surface area contributed by atoms with Crippen LogP contribution in [0, 0.1) is 18.8 Å². The van der Waals surface area contributed by atoms with Crippen molar-refractivity contribution < 1.29 is 14.6 Å². The van der Waals surface area contributed by atoms with E-state index in [0.717, 1.165) is 25.2 Å². The number of thiazole rings is 1. The van der Waals surface area contributed by atoms with E-state index in [4.69, 9.17) is 4.74 Å². The number of aliphatic hydroxyl groups excluding tert-OH is 1. The minimum atomic E-state index is 0.0258. The van der Waals surface area contributed by atoms with Crippen molar-refractivity contribution in [2.24, 2.45) is 11.8 Å². The summed E-state index contributed by atoms with van der Waals surface area (Å²) < 4.78 is 5.16. The molecule has 7 heteroatoms. The molecule has 1 N–H and O–H groups in total. The van der Waals surface area contributed by atoms with Gasteiger partial charge < -0.3 is 19.6 Å². The molecule has 0 bridgehead atoms. The van der Waals surface area contributed by atoms with Crippen molar-refractivity contribution in [3.05, 3.63) is 10.6 Å². The molecule has 0 unspecified atom stereocenters. The van der Waals surface area contributed by atoms with Crippen molar-refractivity contribution in [1.29, 1.82) is 0 Å². The Labute approximate surface area is 147 Å². The van der Waals surface area contributed by atoms with Gasteiger partial charge >= 0.3 is 0 Å². The third-order valence-electron chi connectivity index (χ3n) is 5.03. The Morgan fingerprint density at radius 3 is 2.67 bits per heavy atom. The number of amides is 1. The molecule has 2 atom stereocenters. The summed E-state index contributed by atoms with van der Waals surface area (Å²) in [6, 6.07) is 0. The summed E-state index contributed by atoms with van der Waals surface area (Å²) in [4.78, 5) is 22.3. The number of carbonyl (C=O) groups is 1. The highest BCUT2D eigenvalue weighted by Crippen LogP contribution is 2.29. The van der Waals surface area contributed by atoms with Gasteiger partial charge in [-0.1, -0.05) is 11.3 Å². The van der Waals surface area contributed by atoms with E-state index < -0.39 is 0 Å². The lowest BCUT2D eigenvalue weighted by atomic mass is 9.89. The molecule has 134 valence electrons. The predicted molar refractivity (Wildman–Crippen MR) is 93.7 cm³/mol. The highest BCUT2D eigenvalue weighted by atomic mass is 32.1. The lowest BCUT2D eigenvalue weighted by Crippen LogP contribution is -2.47. The summed E-state index contributed by atoms with van der Waals surface area (Å²) >= 11 is 1.31. The van der Waals surface area contributed by atoms with Crippen LogP contribution in [0.3, 0.4) is 0 Å². The minimum Gasteiger partial charge on any atom is -0.473 e. The number of aliphatic hydroxyl groups is 1. The van der Waals surface area contributed by atoms with Gasteiger partial charge in [-0.3, -0.25) is 4.79 Å². The molecule has 0 aromatic carbocycles. The number of piperidine rings is 1. The maximum absolute atomic E-state index is 12.9. The number of hydrogen-bond acceptors (Lipinski definition) is 6. The van der Waals surface area contributed by atoms with Crippen LogP contribution in [-0.2, 0) is 0 Å². The number of aromatic nitrogens is 1.